The molecule has 22 heavy (non-hydrogen) atoms. The maximum Gasteiger partial charge on any atom is 0.401 e. The van der Waals surface area contributed by atoms with Crippen molar-refractivity contribution in [2.45, 2.75) is 24.8 Å². The third-order valence-electron chi connectivity index (χ3n) is 3.29. The summed E-state index contributed by atoms with van der Waals surface area (Å²) in [5.41, 5.74) is 0. The summed E-state index contributed by atoms with van der Waals surface area (Å²) in [7, 11) is 2.61. The Morgan fingerprint density at radius 2 is 2.23 bits per heavy atom. The van der Waals surface area contributed by atoms with Gasteiger partial charge in [0.15, 0.2) is 0 Å². The number of ether oxygens (including phenoxy) is 2. The maximum absolute atomic E-state index is 12.2. The van der Waals surface area contributed by atoms with Crippen molar-refractivity contribution in [3.05, 3.63) is 0 Å². The Labute approximate surface area is 127 Å². The van der Waals surface area contributed by atoms with E-state index < -0.39 is 18.8 Å². The van der Waals surface area contributed by atoms with Gasteiger partial charge in [0.2, 0.25) is 0 Å². The Hall–Kier alpha value is -0.900. The molecule has 0 aromatic heterocycles. The lowest BCUT2D eigenvalue weighted by Gasteiger charge is -2.34. The van der Waals surface area contributed by atoms with Crippen LogP contribution in [0.4, 0.5) is 13.2 Å². The number of hydrogen-bond acceptors (Lipinski definition) is 6. The molecule has 0 bridgehead atoms. The molecule has 1 heterocycles. The minimum atomic E-state index is -4.28. The van der Waals surface area contributed by atoms with Crippen LogP contribution >= 0.6 is 0 Å². The number of halogens is 3. The predicted molar refractivity (Wildman–Crippen MR) is 72.4 cm³/mol. The van der Waals surface area contributed by atoms with Crippen molar-refractivity contribution >= 4 is 5.97 Å². The first-order valence-corrected chi connectivity index (χ1v) is 7.03. The van der Waals surface area contributed by atoms with Crippen LogP contribution in [0.3, 0.4) is 0 Å². The van der Waals surface area contributed by atoms with Gasteiger partial charge in [0.05, 0.1) is 38.9 Å². The fraction of sp³-hybridized carbons (Fsp3) is 0.923. The van der Waals surface area contributed by atoms with Gasteiger partial charge in [-0.15, -0.1) is 0 Å². The molecule has 0 radical (unpaired) electrons. The number of hydrogen-bond donors (Lipinski definition) is 1. The van der Waals surface area contributed by atoms with Gasteiger partial charge in [-0.3, -0.25) is 14.6 Å². The molecular weight excluding hydrogens is 305 g/mol. The Balaban J connectivity index is 2.34. The van der Waals surface area contributed by atoms with Crippen molar-refractivity contribution in [2.75, 3.05) is 53.5 Å². The first-order chi connectivity index (χ1) is 10.2. The SMILES string of the molecule is COC(=O)C[C@H]1CN(C[C@@H](O)CN(C)CC(F)(F)F)CCO1. The van der Waals surface area contributed by atoms with Gasteiger partial charge in [-0.25, -0.2) is 0 Å². The molecule has 1 N–H and O–H groups in total. The van der Waals surface area contributed by atoms with E-state index in [0.717, 1.165) is 4.90 Å². The van der Waals surface area contributed by atoms with Crippen LogP contribution in [-0.4, -0.2) is 92.7 Å². The van der Waals surface area contributed by atoms with Gasteiger partial charge in [-0.2, -0.15) is 13.2 Å². The average Bonchev–Trinajstić information content (AvgIpc) is 2.36. The first kappa shape index (κ1) is 19.1. The second-order valence-corrected chi connectivity index (χ2v) is 5.50. The van der Waals surface area contributed by atoms with Gasteiger partial charge < -0.3 is 14.6 Å². The molecule has 1 saturated heterocycles. The van der Waals surface area contributed by atoms with Crippen LogP contribution < -0.4 is 0 Å². The molecule has 1 aliphatic heterocycles. The summed E-state index contributed by atoms with van der Waals surface area (Å²) >= 11 is 0. The second-order valence-electron chi connectivity index (χ2n) is 5.50. The summed E-state index contributed by atoms with van der Waals surface area (Å²) in [5, 5.41) is 9.90. The number of nitrogens with zero attached hydrogens (tertiary/aromatic N) is 2. The number of rotatable bonds is 7. The number of likely N-dealkylation sites (N-methyl/N-ethyl adjacent to an activating group) is 1. The lowest BCUT2D eigenvalue weighted by molar-refractivity contribution is -0.146. The van der Waals surface area contributed by atoms with E-state index in [2.05, 4.69) is 4.74 Å². The summed E-state index contributed by atoms with van der Waals surface area (Å²) in [5.74, 6) is -0.377. The highest BCUT2D eigenvalue weighted by Gasteiger charge is 2.30. The smallest absolute Gasteiger partial charge is 0.401 e. The van der Waals surface area contributed by atoms with Gasteiger partial charge in [0.25, 0.3) is 0 Å². The second kappa shape index (κ2) is 8.66. The Bertz CT molecular complexity index is 355. The number of carbonyl (C=O) groups is 1. The van der Waals surface area contributed by atoms with E-state index in [-0.39, 0.29) is 31.6 Å². The van der Waals surface area contributed by atoms with E-state index in [9.17, 15) is 23.1 Å². The topological polar surface area (TPSA) is 62.2 Å². The van der Waals surface area contributed by atoms with E-state index in [4.69, 9.17) is 4.74 Å². The van der Waals surface area contributed by atoms with Crippen LogP contribution in [-0.2, 0) is 14.3 Å². The Morgan fingerprint density at radius 3 is 2.82 bits per heavy atom. The van der Waals surface area contributed by atoms with Crippen LogP contribution in [0.1, 0.15) is 6.42 Å². The van der Waals surface area contributed by atoms with Crippen LogP contribution in [0.2, 0.25) is 0 Å². The lowest BCUT2D eigenvalue weighted by Crippen LogP contribution is -2.48. The number of esters is 1. The number of methoxy groups -OCH3 is 1. The number of β-amino-alcohol motifs (C(OH)–C–C–N with tert-alkyl or cyclic N) is 1. The molecule has 0 aromatic carbocycles. The minimum absolute atomic E-state index is 0.0709. The van der Waals surface area contributed by atoms with Crippen molar-refractivity contribution in [1.29, 1.82) is 0 Å². The van der Waals surface area contributed by atoms with Crippen molar-refractivity contribution in [1.82, 2.24) is 9.80 Å². The fourth-order valence-electron chi connectivity index (χ4n) is 2.43. The number of alkyl halides is 3. The zero-order valence-corrected chi connectivity index (χ0v) is 12.8. The van der Waals surface area contributed by atoms with Crippen LogP contribution in [0, 0.1) is 0 Å². The third kappa shape index (κ3) is 7.92. The van der Waals surface area contributed by atoms with Gasteiger partial charge in [0, 0.05) is 26.2 Å². The lowest BCUT2D eigenvalue weighted by atomic mass is 10.2. The minimum Gasteiger partial charge on any atom is -0.469 e. The molecular formula is C13H23F3N2O4. The number of morpholine rings is 1. The summed E-state index contributed by atoms with van der Waals surface area (Å²) < 4.78 is 46.7. The highest BCUT2D eigenvalue weighted by molar-refractivity contribution is 5.69. The largest absolute Gasteiger partial charge is 0.469 e. The van der Waals surface area contributed by atoms with Gasteiger partial charge in [-0.05, 0) is 7.05 Å². The molecule has 0 aliphatic carbocycles. The summed E-state index contributed by atoms with van der Waals surface area (Å²) in [6, 6.07) is 0. The monoisotopic (exact) mass is 328 g/mol. The van der Waals surface area contributed by atoms with Crippen molar-refractivity contribution < 1.29 is 32.5 Å². The van der Waals surface area contributed by atoms with Crippen molar-refractivity contribution in [3.8, 4) is 0 Å². The third-order valence-corrected chi connectivity index (χ3v) is 3.29. The van der Waals surface area contributed by atoms with E-state index >= 15 is 0 Å². The molecule has 2 atom stereocenters. The molecule has 0 amide bonds. The Kier molecular flexibility index (Phi) is 7.54. The van der Waals surface area contributed by atoms with Crippen LogP contribution in [0.15, 0.2) is 0 Å². The van der Waals surface area contributed by atoms with E-state index in [1.54, 1.807) is 0 Å². The zero-order chi connectivity index (χ0) is 16.8. The summed E-state index contributed by atoms with van der Waals surface area (Å²) in [4.78, 5) is 14.1. The zero-order valence-electron chi connectivity index (χ0n) is 12.8. The fourth-order valence-corrected chi connectivity index (χ4v) is 2.43. The molecule has 0 spiro atoms. The van der Waals surface area contributed by atoms with E-state index in [1.807, 2.05) is 4.90 Å². The molecule has 6 nitrogen and oxygen atoms in total. The van der Waals surface area contributed by atoms with Crippen molar-refractivity contribution in [3.63, 3.8) is 0 Å². The predicted octanol–water partition coefficient (Wildman–Crippen LogP) is 0.105. The maximum atomic E-state index is 12.2. The van der Waals surface area contributed by atoms with Crippen LogP contribution in [0.25, 0.3) is 0 Å². The highest BCUT2D eigenvalue weighted by atomic mass is 19.4. The standard InChI is InChI=1S/C13H23F3N2O4/c1-17(9-13(14,15)16)6-10(19)7-18-3-4-22-11(8-18)5-12(20)21-2/h10-11,19H,3-9H2,1-2H3/t10-,11-/m0/s1. The number of carbonyl (C=O) groups excluding carboxylic acids is 1. The van der Waals surface area contributed by atoms with Gasteiger partial charge in [0.1, 0.15) is 0 Å². The molecule has 9 heteroatoms. The molecule has 0 unspecified atom stereocenters. The van der Waals surface area contributed by atoms with Gasteiger partial charge >= 0.3 is 12.1 Å². The van der Waals surface area contributed by atoms with E-state index in [0.29, 0.717) is 19.7 Å². The van der Waals surface area contributed by atoms with Crippen LogP contribution in [0.5, 0.6) is 0 Å². The average molecular weight is 328 g/mol. The quantitative estimate of drug-likeness (QED) is 0.669. The normalized spacial score (nSPS) is 21.9. The molecule has 1 rings (SSSR count). The molecule has 130 valence electrons. The van der Waals surface area contributed by atoms with E-state index in [1.165, 1.54) is 14.2 Å². The molecule has 0 saturated carbocycles. The Morgan fingerprint density at radius 1 is 1.55 bits per heavy atom. The highest BCUT2D eigenvalue weighted by Crippen LogP contribution is 2.16. The number of aliphatic hydroxyl groups excluding tert-OH is 1. The number of aliphatic hydroxyl groups is 1. The first-order valence-electron chi connectivity index (χ1n) is 7.03. The molecule has 1 aliphatic rings. The molecule has 0 aromatic rings. The summed E-state index contributed by atoms with van der Waals surface area (Å²) in [6.45, 7) is 0.527. The van der Waals surface area contributed by atoms with Gasteiger partial charge in [-0.1, -0.05) is 0 Å². The van der Waals surface area contributed by atoms with Crippen molar-refractivity contribution in [2.24, 2.45) is 0 Å². The summed E-state index contributed by atoms with van der Waals surface area (Å²) in [6.07, 6.45) is -5.37. The molecule has 1 fully saturated rings.